The molecule has 0 aliphatic carbocycles. The van der Waals surface area contributed by atoms with Crippen molar-refractivity contribution in [2.75, 3.05) is 12.0 Å². The molecule has 86 valence electrons. The van der Waals surface area contributed by atoms with Gasteiger partial charge < -0.3 is 0 Å². The van der Waals surface area contributed by atoms with Gasteiger partial charge >= 0.3 is 0 Å². The molecule has 0 atom stereocenters. The number of rotatable bonds is 2. The van der Waals surface area contributed by atoms with Crippen molar-refractivity contribution in [2.24, 2.45) is 4.99 Å². The lowest BCUT2D eigenvalue weighted by Gasteiger charge is -2.11. The zero-order valence-corrected chi connectivity index (χ0v) is 9.61. The lowest BCUT2D eigenvalue weighted by molar-refractivity contribution is 0.944. The number of aliphatic imine (C=N–C) groups is 1. The Morgan fingerprint density at radius 1 is 0.941 bits per heavy atom. The number of fused-ring (bicyclic) bond motifs is 1. The lowest BCUT2D eigenvalue weighted by Crippen LogP contribution is -2.27. The van der Waals surface area contributed by atoms with Crippen molar-refractivity contribution in [2.45, 2.75) is 12.8 Å². The van der Waals surface area contributed by atoms with Gasteiger partial charge in [0.15, 0.2) is 0 Å². The smallest absolute Gasteiger partial charge is 0.115 e. The van der Waals surface area contributed by atoms with Crippen molar-refractivity contribution in [1.29, 1.82) is 0 Å². The highest BCUT2D eigenvalue weighted by Crippen LogP contribution is 2.22. The third kappa shape index (κ3) is 2.09. The van der Waals surface area contributed by atoms with Crippen molar-refractivity contribution in [3.05, 3.63) is 42.5 Å². The van der Waals surface area contributed by atoms with Crippen LogP contribution in [0.4, 0.5) is 5.69 Å². The molecular weight excluding hydrogens is 210 g/mol. The Balaban J connectivity index is 1.84. The van der Waals surface area contributed by atoms with Crippen molar-refractivity contribution in [3.63, 3.8) is 0 Å². The summed E-state index contributed by atoms with van der Waals surface area (Å²) in [5, 5.41) is 2.47. The Kier molecular flexibility index (Phi) is 2.66. The maximum atomic E-state index is 4.37. The molecule has 0 radical (unpaired) electrons. The van der Waals surface area contributed by atoms with Gasteiger partial charge in [-0.05, 0) is 17.9 Å². The van der Waals surface area contributed by atoms with Crippen LogP contribution in [0.25, 0.3) is 10.8 Å². The number of hydrogen-bond acceptors (Lipinski definition) is 3. The van der Waals surface area contributed by atoms with Gasteiger partial charge in [0.2, 0.25) is 0 Å². The van der Waals surface area contributed by atoms with E-state index in [0.717, 1.165) is 30.9 Å². The van der Waals surface area contributed by atoms with E-state index in [1.807, 2.05) is 0 Å². The summed E-state index contributed by atoms with van der Waals surface area (Å²) in [6.45, 7) is 0.944. The third-order valence-electron chi connectivity index (χ3n) is 3.01. The maximum Gasteiger partial charge on any atom is 0.115 e. The normalized spacial score (nSPS) is 14.7. The van der Waals surface area contributed by atoms with E-state index in [4.69, 9.17) is 0 Å². The number of nitrogens with zero attached hydrogens (tertiary/aromatic N) is 1. The van der Waals surface area contributed by atoms with E-state index in [-0.39, 0.29) is 0 Å². The van der Waals surface area contributed by atoms with Gasteiger partial charge in [0.05, 0.1) is 5.69 Å². The average molecular weight is 225 g/mol. The van der Waals surface area contributed by atoms with Crippen LogP contribution in [0.1, 0.15) is 12.8 Å². The highest BCUT2D eigenvalue weighted by molar-refractivity contribution is 5.95. The summed E-state index contributed by atoms with van der Waals surface area (Å²) >= 11 is 0. The van der Waals surface area contributed by atoms with Crippen LogP contribution in [0.2, 0.25) is 0 Å². The highest BCUT2D eigenvalue weighted by atomic mass is 15.4. The van der Waals surface area contributed by atoms with Crippen LogP contribution < -0.4 is 10.9 Å². The molecule has 2 N–H and O–H groups in total. The number of hydrogen-bond donors (Lipinski definition) is 2. The van der Waals surface area contributed by atoms with Crippen molar-refractivity contribution >= 4 is 22.3 Å². The first-order valence-corrected chi connectivity index (χ1v) is 5.96. The molecule has 0 spiro atoms. The molecule has 2 aromatic rings. The number of benzene rings is 2. The summed E-state index contributed by atoms with van der Waals surface area (Å²) in [4.78, 5) is 4.37. The van der Waals surface area contributed by atoms with Gasteiger partial charge in [-0.1, -0.05) is 36.4 Å². The van der Waals surface area contributed by atoms with E-state index in [1.165, 1.54) is 10.8 Å². The van der Waals surface area contributed by atoms with Gasteiger partial charge in [0.1, 0.15) is 5.84 Å². The molecule has 0 fully saturated rings. The minimum absolute atomic E-state index is 0.944. The SMILES string of the molecule is c1ccc2c(NNC3=NCCC3)cccc2c1. The predicted octanol–water partition coefficient (Wildman–Crippen LogP) is 2.95. The molecule has 1 heterocycles. The summed E-state index contributed by atoms with van der Waals surface area (Å²) in [7, 11) is 0. The molecule has 0 saturated heterocycles. The van der Waals surface area contributed by atoms with Crippen molar-refractivity contribution in [1.82, 2.24) is 5.43 Å². The summed E-state index contributed by atoms with van der Waals surface area (Å²) in [6, 6.07) is 14.6. The maximum absolute atomic E-state index is 4.37. The van der Waals surface area contributed by atoms with E-state index in [1.54, 1.807) is 0 Å². The summed E-state index contributed by atoms with van der Waals surface area (Å²) in [5.74, 6) is 1.05. The minimum Gasteiger partial charge on any atom is -0.299 e. The largest absolute Gasteiger partial charge is 0.299 e. The van der Waals surface area contributed by atoms with Gasteiger partial charge in [0, 0.05) is 18.4 Å². The standard InChI is InChI=1S/C14H15N3/c1-2-7-12-11(5-1)6-3-8-13(12)16-17-14-9-4-10-15-14/h1-3,5-8,16H,4,9-10H2,(H,15,17). The molecule has 3 heteroatoms. The van der Waals surface area contributed by atoms with Crippen LogP contribution in [0.5, 0.6) is 0 Å². The van der Waals surface area contributed by atoms with E-state index in [0.29, 0.717) is 0 Å². The Labute approximate surface area is 101 Å². The Morgan fingerprint density at radius 2 is 1.82 bits per heavy atom. The fraction of sp³-hybridized carbons (Fsp3) is 0.214. The van der Waals surface area contributed by atoms with Crippen LogP contribution >= 0.6 is 0 Å². The van der Waals surface area contributed by atoms with Crippen LogP contribution in [0.15, 0.2) is 47.5 Å². The molecule has 0 saturated carbocycles. The molecule has 0 amide bonds. The number of anilines is 1. The number of amidine groups is 1. The minimum atomic E-state index is 0.944. The molecule has 17 heavy (non-hydrogen) atoms. The first-order valence-electron chi connectivity index (χ1n) is 5.96. The van der Waals surface area contributed by atoms with Crippen LogP contribution in [-0.2, 0) is 0 Å². The van der Waals surface area contributed by atoms with Gasteiger partial charge in [-0.2, -0.15) is 0 Å². The molecule has 2 aromatic carbocycles. The van der Waals surface area contributed by atoms with E-state index < -0.39 is 0 Å². The Hall–Kier alpha value is -2.03. The monoisotopic (exact) mass is 225 g/mol. The second-order valence-electron chi connectivity index (χ2n) is 4.21. The summed E-state index contributed by atoms with van der Waals surface area (Å²) in [5.41, 5.74) is 7.53. The second kappa shape index (κ2) is 4.45. The zero-order valence-electron chi connectivity index (χ0n) is 9.61. The van der Waals surface area contributed by atoms with Crippen LogP contribution in [0, 0.1) is 0 Å². The fourth-order valence-corrected chi connectivity index (χ4v) is 2.12. The predicted molar refractivity (Wildman–Crippen MR) is 72.2 cm³/mol. The molecule has 1 aliphatic rings. The van der Waals surface area contributed by atoms with Gasteiger partial charge in [0.25, 0.3) is 0 Å². The fourth-order valence-electron chi connectivity index (χ4n) is 2.12. The van der Waals surface area contributed by atoms with Crippen LogP contribution in [-0.4, -0.2) is 12.4 Å². The summed E-state index contributed by atoms with van der Waals surface area (Å²) < 4.78 is 0. The number of hydrazine groups is 1. The van der Waals surface area contributed by atoms with Gasteiger partial charge in [-0.25, -0.2) is 0 Å². The van der Waals surface area contributed by atoms with Crippen molar-refractivity contribution in [3.8, 4) is 0 Å². The highest BCUT2D eigenvalue weighted by Gasteiger charge is 2.05. The quantitative estimate of drug-likeness (QED) is 0.771. The molecule has 3 rings (SSSR count). The van der Waals surface area contributed by atoms with E-state index in [9.17, 15) is 0 Å². The first kappa shape index (κ1) is 10.1. The molecule has 3 nitrogen and oxygen atoms in total. The van der Waals surface area contributed by atoms with Crippen LogP contribution in [0.3, 0.4) is 0 Å². The zero-order chi connectivity index (χ0) is 11.5. The number of nitrogens with one attached hydrogen (secondary N) is 2. The van der Waals surface area contributed by atoms with Gasteiger partial charge in [-0.3, -0.25) is 15.8 Å². The Morgan fingerprint density at radius 3 is 2.71 bits per heavy atom. The molecule has 0 bridgehead atoms. The third-order valence-corrected chi connectivity index (χ3v) is 3.01. The van der Waals surface area contributed by atoms with E-state index in [2.05, 4.69) is 58.3 Å². The average Bonchev–Trinajstić information content (AvgIpc) is 2.89. The second-order valence-corrected chi connectivity index (χ2v) is 4.21. The topological polar surface area (TPSA) is 36.4 Å². The van der Waals surface area contributed by atoms with Crippen molar-refractivity contribution < 1.29 is 0 Å². The molecular formula is C14H15N3. The van der Waals surface area contributed by atoms with E-state index >= 15 is 0 Å². The first-order chi connectivity index (χ1) is 8.43. The molecule has 0 aromatic heterocycles. The summed E-state index contributed by atoms with van der Waals surface area (Å²) in [6.07, 6.45) is 2.19. The lowest BCUT2D eigenvalue weighted by atomic mass is 10.1. The van der Waals surface area contributed by atoms with Gasteiger partial charge in [-0.15, -0.1) is 0 Å². The molecule has 0 unspecified atom stereocenters. The Bertz CT molecular complexity index is 555. The molecule has 1 aliphatic heterocycles.